The van der Waals surface area contributed by atoms with Gasteiger partial charge in [0.2, 0.25) is 5.91 Å². The minimum Gasteiger partial charge on any atom is -0.496 e. The number of carbonyl (C=O) groups excluding carboxylic acids is 1. The van der Waals surface area contributed by atoms with Gasteiger partial charge in [-0.15, -0.1) is 17.5 Å². The van der Waals surface area contributed by atoms with E-state index in [1.54, 1.807) is 12.1 Å². The van der Waals surface area contributed by atoms with Gasteiger partial charge in [0.1, 0.15) is 5.75 Å². The number of alkyl halides is 3. The molecule has 2 heterocycles. The molecule has 1 aliphatic rings. The fourth-order valence-electron chi connectivity index (χ4n) is 5.19. The van der Waals surface area contributed by atoms with Gasteiger partial charge in [0.25, 0.3) is 5.82 Å². The van der Waals surface area contributed by atoms with Crippen molar-refractivity contribution in [3.8, 4) is 11.4 Å². The number of ether oxygens (including phenoxy) is 1. The first-order chi connectivity index (χ1) is 19.1. The Bertz CT molecular complexity index is 1440. The van der Waals surface area contributed by atoms with Crippen LogP contribution in [0.25, 0.3) is 5.69 Å². The Morgan fingerprint density at radius 1 is 1.02 bits per heavy atom. The predicted molar refractivity (Wildman–Crippen MR) is 149 cm³/mol. The number of hydrogen-bond acceptors (Lipinski definition) is 6. The van der Waals surface area contributed by atoms with Crippen LogP contribution in [0.15, 0.2) is 78.9 Å². The summed E-state index contributed by atoms with van der Waals surface area (Å²) < 4.78 is 46.7. The molecule has 8 nitrogen and oxygen atoms in total. The second-order valence-corrected chi connectivity index (χ2v) is 10.2. The number of nitrogens with one attached hydrogen (secondary N) is 1. The topological polar surface area (TPSA) is 85.2 Å². The molecule has 3 aromatic carbocycles. The summed E-state index contributed by atoms with van der Waals surface area (Å²) in [6, 6.07) is 24.3. The number of carbonyl (C=O) groups is 1. The van der Waals surface area contributed by atoms with Crippen LogP contribution in [-0.4, -0.2) is 56.2 Å². The summed E-state index contributed by atoms with van der Waals surface area (Å²) >= 11 is 0. The summed E-state index contributed by atoms with van der Waals surface area (Å²) in [7, 11) is 1.49. The molecule has 1 aromatic heterocycles. The van der Waals surface area contributed by atoms with E-state index in [1.807, 2.05) is 79.4 Å². The molecule has 1 fully saturated rings. The molecular weight excluding hydrogens is 557 g/mol. The lowest BCUT2D eigenvalue weighted by molar-refractivity contribution is -0.146. The highest BCUT2D eigenvalue weighted by molar-refractivity contribution is 5.86. The molecule has 4 aromatic rings. The molecule has 1 saturated heterocycles. The molecule has 1 amide bonds. The highest BCUT2D eigenvalue weighted by Gasteiger charge is 2.44. The third-order valence-corrected chi connectivity index (χ3v) is 7.39. The predicted octanol–water partition coefficient (Wildman–Crippen LogP) is 5.02. The molecule has 0 aliphatic carbocycles. The van der Waals surface area contributed by atoms with Crippen LogP contribution in [0, 0.1) is 0 Å². The fourth-order valence-corrected chi connectivity index (χ4v) is 5.19. The zero-order valence-electron chi connectivity index (χ0n) is 22.7. The van der Waals surface area contributed by atoms with E-state index in [1.165, 1.54) is 13.2 Å². The number of benzene rings is 3. The van der Waals surface area contributed by atoms with Gasteiger partial charge < -0.3 is 10.1 Å². The van der Waals surface area contributed by atoms with E-state index >= 15 is 0 Å². The van der Waals surface area contributed by atoms with Crippen molar-refractivity contribution < 1.29 is 22.7 Å². The van der Waals surface area contributed by atoms with E-state index in [9.17, 15) is 18.0 Å². The van der Waals surface area contributed by atoms with Gasteiger partial charge in [-0.1, -0.05) is 60.7 Å². The van der Waals surface area contributed by atoms with Gasteiger partial charge >= 0.3 is 6.18 Å². The lowest BCUT2D eigenvalue weighted by atomic mass is 9.82. The average Bonchev–Trinajstić information content (AvgIpc) is 3.44. The van der Waals surface area contributed by atoms with Gasteiger partial charge in [0, 0.05) is 24.6 Å². The van der Waals surface area contributed by atoms with Crippen molar-refractivity contribution in [2.45, 2.75) is 44.1 Å². The van der Waals surface area contributed by atoms with Crippen molar-refractivity contribution >= 4 is 18.3 Å². The van der Waals surface area contributed by atoms with Crippen molar-refractivity contribution in [3.63, 3.8) is 0 Å². The Morgan fingerprint density at radius 3 is 2.20 bits per heavy atom. The SMILES string of the molecule is COc1ccc(-n2nnnc2C(F)(F)F)cc1CN1CC(C(c2ccccc2)c2ccccc2)NC(=O)C1(C)C.Cl. The molecule has 0 bridgehead atoms. The van der Waals surface area contributed by atoms with E-state index < -0.39 is 17.5 Å². The zero-order chi connectivity index (χ0) is 28.5. The lowest BCUT2D eigenvalue weighted by Crippen LogP contribution is -2.66. The number of hydrogen-bond donors (Lipinski definition) is 1. The minimum atomic E-state index is -4.73. The van der Waals surface area contributed by atoms with Crippen molar-refractivity contribution in [2.24, 2.45) is 0 Å². The van der Waals surface area contributed by atoms with Crippen molar-refractivity contribution in [2.75, 3.05) is 13.7 Å². The maximum Gasteiger partial charge on any atom is 0.453 e. The number of amides is 1. The molecule has 5 rings (SSSR count). The number of methoxy groups -OCH3 is 1. The third kappa shape index (κ3) is 6.06. The monoisotopic (exact) mass is 586 g/mol. The van der Waals surface area contributed by atoms with Crippen LogP contribution in [0.5, 0.6) is 5.75 Å². The summed E-state index contributed by atoms with van der Waals surface area (Å²) in [5.41, 5.74) is 1.96. The van der Waals surface area contributed by atoms with Crippen molar-refractivity contribution in [1.29, 1.82) is 0 Å². The number of aromatic nitrogens is 4. The highest BCUT2D eigenvalue weighted by Crippen LogP contribution is 2.35. The van der Waals surface area contributed by atoms with Crippen LogP contribution in [0.1, 0.15) is 42.3 Å². The molecule has 0 saturated carbocycles. The molecule has 216 valence electrons. The second kappa shape index (κ2) is 11.9. The van der Waals surface area contributed by atoms with Gasteiger partial charge in [0.05, 0.1) is 24.4 Å². The number of halogens is 4. The standard InChI is InChI=1S/C29H29F3N6O2.ClH/c1-28(2)27(39)33-23(25(19-10-6-4-7-11-19)20-12-8-5-9-13-20)18-37(28)17-21-16-22(14-15-24(21)40-3)38-26(29(30,31)32)34-35-36-38;/h4-16,23,25H,17-18H2,1-3H3,(H,33,39);1H. The molecule has 0 radical (unpaired) electrons. The smallest absolute Gasteiger partial charge is 0.453 e. The summed E-state index contributed by atoms with van der Waals surface area (Å²) in [5.74, 6) is -1.01. The van der Waals surface area contributed by atoms with Crippen LogP contribution in [0.3, 0.4) is 0 Å². The number of rotatable bonds is 7. The molecule has 1 aliphatic heterocycles. The van der Waals surface area contributed by atoms with Crippen LogP contribution in [-0.2, 0) is 17.5 Å². The zero-order valence-corrected chi connectivity index (χ0v) is 23.5. The van der Waals surface area contributed by atoms with E-state index in [0.29, 0.717) is 22.5 Å². The van der Waals surface area contributed by atoms with Crippen molar-refractivity contribution in [3.05, 3.63) is 101 Å². The summed E-state index contributed by atoms with van der Waals surface area (Å²) in [5, 5.41) is 13.2. The van der Waals surface area contributed by atoms with E-state index in [-0.39, 0.29) is 42.5 Å². The van der Waals surface area contributed by atoms with Gasteiger partial charge in [-0.05, 0) is 53.6 Å². The van der Waals surface area contributed by atoms with Gasteiger partial charge in [-0.3, -0.25) is 9.69 Å². The highest BCUT2D eigenvalue weighted by atomic mass is 35.5. The maximum absolute atomic E-state index is 13.5. The van der Waals surface area contributed by atoms with Crippen LogP contribution in [0.2, 0.25) is 0 Å². The third-order valence-electron chi connectivity index (χ3n) is 7.39. The first kappa shape index (κ1) is 30.0. The number of tetrazole rings is 1. The summed E-state index contributed by atoms with van der Waals surface area (Å²) in [6.07, 6.45) is -4.73. The lowest BCUT2D eigenvalue weighted by Gasteiger charge is -2.47. The first-order valence-corrected chi connectivity index (χ1v) is 12.8. The fraction of sp³-hybridized carbons (Fsp3) is 0.310. The molecule has 12 heteroatoms. The molecule has 1 N–H and O–H groups in total. The Balaban J connectivity index is 0.00000387. The Hall–Kier alpha value is -3.96. The van der Waals surface area contributed by atoms with Crippen LogP contribution in [0.4, 0.5) is 13.2 Å². The quantitative estimate of drug-likeness (QED) is 0.327. The minimum absolute atomic E-state index is 0. The first-order valence-electron chi connectivity index (χ1n) is 12.8. The molecule has 0 spiro atoms. The second-order valence-electron chi connectivity index (χ2n) is 10.2. The molecule has 1 unspecified atom stereocenters. The Labute approximate surface area is 241 Å². The van der Waals surface area contributed by atoms with Gasteiger partial charge in [-0.25, -0.2) is 0 Å². The average molecular weight is 587 g/mol. The van der Waals surface area contributed by atoms with Crippen LogP contribution >= 0.6 is 12.4 Å². The number of piperazine rings is 1. The summed E-state index contributed by atoms with van der Waals surface area (Å²) in [4.78, 5) is 15.5. The largest absolute Gasteiger partial charge is 0.496 e. The molecule has 41 heavy (non-hydrogen) atoms. The van der Waals surface area contributed by atoms with E-state index in [0.717, 1.165) is 11.1 Å². The van der Waals surface area contributed by atoms with Gasteiger partial charge in [0.15, 0.2) is 0 Å². The Kier molecular flexibility index (Phi) is 8.69. The molecular formula is C29H30ClF3N6O2. The molecule has 1 atom stereocenters. The van der Waals surface area contributed by atoms with Crippen LogP contribution < -0.4 is 10.1 Å². The summed E-state index contributed by atoms with van der Waals surface area (Å²) in [6.45, 7) is 4.39. The van der Waals surface area contributed by atoms with Gasteiger partial charge in [-0.2, -0.15) is 17.9 Å². The Morgan fingerprint density at radius 2 is 1.63 bits per heavy atom. The normalized spacial score (nSPS) is 17.1. The number of nitrogens with zero attached hydrogens (tertiary/aromatic N) is 5. The van der Waals surface area contributed by atoms with Crippen molar-refractivity contribution in [1.82, 2.24) is 30.4 Å². The van der Waals surface area contributed by atoms with E-state index in [4.69, 9.17) is 4.74 Å². The van der Waals surface area contributed by atoms with E-state index in [2.05, 4.69) is 20.8 Å². The maximum atomic E-state index is 13.5.